The third-order valence-electron chi connectivity index (χ3n) is 3.96. The summed E-state index contributed by atoms with van der Waals surface area (Å²) < 4.78 is 0. The number of nitrogens with zero attached hydrogens (tertiary/aromatic N) is 2. The number of rotatable bonds is 6. The molecule has 1 aromatic heterocycles. The maximum absolute atomic E-state index is 12.3. The number of nitrogens with one attached hydrogen (secondary N) is 1. The Morgan fingerprint density at radius 3 is 2.63 bits per heavy atom. The molecule has 0 unspecified atom stereocenters. The summed E-state index contributed by atoms with van der Waals surface area (Å²) in [6.45, 7) is 3.87. The summed E-state index contributed by atoms with van der Waals surface area (Å²) >= 11 is 7.34. The Morgan fingerprint density at radius 2 is 1.89 bits per heavy atom. The predicted molar refractivity (Wildman–Crippen MR) is 111 cm³/mol. The normalized spacial score (nSPS) is 11.8. The molecular weight excluding hydrogens is 378 g/mol. The molecule has 27 heavy (non-hydrogen) atoms. The molecule has 1 amide bonds. The first-order valence-corrected chi connectivity index (χ1v) is 9.96. The van der Waals surface area contributed by atoms with Crippen molar-refractivity contribution in [2.24, 2.45) is 0 Å². The summed E-state index contributed by atoms with van der Waals surface area (Å²) in [6, 6.07) is 19.3. The molecule has 0 saturated carbocycles. The van der Waals surface area contributed by atoms with Crippen molar-refractivity contribution in [3.8, 4) is 11.3 Å². The van der Waals surface area contributed by atoms with E-state index >= 15 is 0 Å². The van der Waals surface area contributed by atoms with Crippen molar-refractivity contribution in [2.75, 3.05) is 5.75 Å². The Balaban J connectivity index is 1.63. The summed E-state index contributed by atoms with van der Waals surface area (Å²) in [5.74, 6) is 0.182. The van der Waals surface area contributed by atoms with Crippen molar-refractivity contribution in [2.45, 2.75) is 25.0 Å². The first kappa shape index (κ1) is 19.4. The fourth-order valence-electron chi connectivity index (χ4n) is 2.64. The molecule has 1 N–H and O–H groups in total. The molecule has 0 saturated heterocycles. The first-order valence-electron chi connectivity index (χ1n) is 8.60. The molecule has 1 heterocycles. The van der Waals surface area contributed by atoms with Crippen LogP contribution in [0.4, 0.5) is 0 Å². The van der Waals surface area contributed by atoms with Crippen LogP contribution < -0.4 is 5.32 Å². The lowest BCUT2D eigenvalue weighted by Crippen LogP contribution is -2.28. The van der Waals surface area contributed by atoms with E-state index < -0.39 is 0 Å². The number of hydrogen-bond donors (Lipinski definition) is 1. The molecule has 1 atom stereocenters. The Kier molecular flexibility index (Phi) is 6.48. The van der Waals surface area contributed by atoms with Crippen molar-refractivity contribution >= 4 is 29.3 Å². The Morgan fingerprint density at radius 1 is 1.11 bits per heavy atom. The standard InChI is InChI=1S/C21H20ClN3OS/c1-14-11-19(16-7-4-3-5-8-16)25-21(23-14)27-13-20(26)24-15(2)17-9-6-10-18(22)12-17/h3-12,15H,13H2,1-2H3,(H,24,26)/t15-/m1/s1. The van der Waals surface area contributed by atoms with Gasteiger partial charge < -0.3 is 5.32 Å². The van der Waals surface area contributed by atoms with Crippen LogP contribution in [0.25, 0.3) is 11.3 Å². The molecule has 0 aliphatic rings. The van der Waals surface area contributed by atoms with E-state index in [1.54, 1.807) is 0 Å². The number of aryl methyl sites for hydroxylation is 1. The van der Waals surface area contributed by atoms with E-state index in [2.05, 4.69) is 15.3 Å². The van der Waals surface area contributed by atoms with Crippen LogP contribution in [0, 0.1) is 6.92 Å². The maximum Gasteiger partial charge on any atom is 0.230 e. The Bertz CT molecular complexity index is 934. The summed E-state index contributed by atoms with van der Waals surface area (Å²) in [5, 5.41) is 4.23. The highest BCUT2D eigenvalue weighted by Crippen LogP contribution is 2.22. The lowest BCUT2D eigenvalue weighted by molar-refractivity contribution is -0.119. The number of amides is 1. The van der Waals surface area contributed by atoms with Gasteiger partial charge in [0.15, 0.2) is 5.16 Å². The van der Waals surface area contributed by atoms with Crippen LogP contribution in [0.2, 0.25) is 5.02 Å². The van der Waals surface area contributed by atoms with E-state index in [4.69, 9.17) is 11.6 Å². The molecule has 3 rings (SSSR count). The van der Waals surface area contributed by atoms with E-state index in [-0.39, 0.29) is 17.7 Å². The van der Waals surface area contributed by atoms with Gasteiger partial charge in [0.2, 0.25) is 5.91 Å². The van der Waals surface area contributed by atoms with Crippen LogP contribution in [0.3, 0.4) is 0 Å². The topological polar surface area (TPSA) is 54.9 Å². The van der Waals surface area contributed by atoms with Crippen molar-refractivity contribution in [1.82, 2.24) is 15.3 Å². The highest BCUT2D eigenvalue weighted by Gasteiger charge is 2.12. The number of halogens is 1. The number of carbonyl (C=O) groups is 1. The maximum atomic E-state index is 12.3. The van der Waals surface area contributed by atoms with E-state index in [0.29, 0.717) is 10.2 Å². The first-order chi connectivity index (χ1) is 13.0. The minimum absolute atomic E-state index is 0.0705. The van der Waals surface area contributed by atoms with Gasteiger partial charge in [0.05, 0.1) is 17.5 Å². The van der Waals surface area contributed by atoms with Crippen molar-refractivity contribution < 1.29 is 4.79 Å². The third kappa shape index (κ3) is 5.55. The van der Waals surface area contributed by atoms with Crippen molar-refractivity contribution in [3.05, 3.63) is 76.9 Å². The molecular formula is C21H20ClN3OS. The van der Waals surface area contributed by atoms with Gasteiger partial charge in [0, 0.05) is 16.3 Å². The molecule has 138 valence electrons. The second kappa shape index (κ2) is 9.02. The highest BCUT2D eigenvalue weighted by molar-refractivity contribution is 7.99. The van der Waals surface area contributed by atoms with Crippen LogP contribution in [-0.4, -0.2) is 21.6 Å². The van der Waals surface area contributed by atoms with Gasteiger partial charge in [-0.2, -0.15) is 0 Å². The molecule has 3 aromatic rings. The zero-order chi connectivity index (χ0) is 19.2. The zero-order valence-corrected chi connectivity index (χ0v) is 16.7. The molecule has 0 aliphatic heterocycles. The van der Waals surface area contributed by atoms with Gasteiger partial charge in [-0.15, -0.1) is 0 Å². The van der Waals surface area contributed by atoms with Gasteiger partial charge in [0.25, 0.3) is 0 Å². The fraction of sp³-hybridized carbons (Fsp3) is 0.190. The summed E-state index contributed by atoms with van der Waals surface area (Å²) in [5.41, 5.74) is 3.74. The van der Waals surface area contributed by atoms with E-state index in [9.17, 15) is 4.79 Å². The van der Waals surface area contributed by atoms with Crippen LogP contribution >= 0.6 is 23.4 Å². The minimum atomic E-state index is -0.116. The van der Waals surface area contributed by atoms with E-state index in [0.717, 1.165) is 22.5 Å². The third-order valence-corrected chi connectivity index (χ3v) is 5.04. The van der Waals surface area contributed by atoms with Crippen LogP contribution in [0.1, 0.15) is 24.2 Å². The average Bonchev–Trinajstić information content (AvgIpc) is 2.66. The summed E-state index contributed by atoms with van der Waals surface area (Å²) in [6.07, 6.45) is 0. The largest absolute Gasteiger partial charge is 0.349 e. The molecule has 0 bridgehead atoms. The molecule has 2 aromatic carbocycles. The van der Waals surface area contributed by atoms with E-state index in [1.807, 2.05) is 74.5 Å². The number of benzene rings is 2. The molecule has 6 heteroatoms. The quantitative estimate of drug-likeness (QED) is 0.465. The van der Waals surface area contributed by atoms with Gasteiger partial charge >= 0.3 is 0 Å². The van der Waals surface area contributed by atoms with Crippen LogP contribution in [-0.2, 0) is 4.79 Å². The summed E-state index contributed by atoms with van der Waals surface area (Å²) in [4.78, 5) is 21.3. The fourth-order valence-corrected chi connectivity index (χ4v) is 3.55. The van der Waals surface area contributed by atoms with Gasteiger partial charge in [-0.05, 0) is 37.6 Å². The molecule has 4 nitrogen and oxygen atoms in total. The van der Waals surface area contributed by atoms with Crippen molar-refractivity contribution in [3.63, 3.8) is 0 Å². The second-order valence-corrected chi connectivity index (χ2v) is 7.55. The van der Waals surface area contributed by atoms with Gasteiger partial charge in [0.1, 0.15) is 0 Å². The lowest BCUT2D eigenvalue weighted by Gasteiger charge is -2.14. The zero-order valence-electron chi connectivity index (χ0n) is 15.1. The lowest BCUT2D eigenvalue weighted by atomic mass is 10.1. The van der Waals surface area contributed by atoms with Gasteiger partial charge in [-0.3, -0.25) is 4.79 Å². The molecule has 0 spiro atoms. The van der Waals surface area contributed by atoms with Crippen LogP contribution in [0.15, 0.2) is 65.8 Å². The predicted octanol–water partition coefficient (Wildman–Crippen LogP) is 5.07. The molecule has 0 aliphatic carbocycles. The second-order valence-electron chi connectivity index (χ2n) is 6.18. The number of aromatic nitrogens is 2. The minimum Gasteiger partial charge on any atom is -0.349 e. The van der Waals surface area contributed by atoms with Gasteiger partial charge in [-0.1, -0.05) is 65.8 Å². The Labute approximate surface area is 168 Å². The number of carbonyl (C=O) groups excluding carboxylic acids is 1. The molecule has 0 fully saturated rings. The number of thioether (sulfide) groups is 1. The highest BCUT2D eigenvalue weighted by atomic mass is 35.5. The van der Waals surface area contributed by atoms with Crippen LogP contribution in [0.5, 0.6) is 0 Å². The SMILES string of the molecule is Cc1cc(-c2ccccc2)nc(SCC(=O)N[C@H](C)c2cccc(Cl)c2)n1. The average molecular weight is 398 g/mol. The van der Waals surface area contributed by atoms with E-state index in [1.165, 1.54) is 11.8 Å². The van der Waals surface area contributed by atoms with Gasteiger partial charge in [-0.25, -0.2) is 9.97 Å². The molecule has 0 radical (unpaired) electrons. The summed E-state index contributed by atoms with van der Waals surface area (Å²) in [7, 11) is 0. The monoisotopic (exact) mass is 397 g/mol. The number of hydrogen-bond acceptors (Lipinski definition) is 4. The van der Waals surface area contributed by atoms with Crippen molar-refractivity contribution in [1.29, 1.82) is 0 Å². The Hall–Kier alpha value is -2.37. The smallest absolute Gasteiger partial charge is 0.230 e.